The van der Waals surface area contributed by atoms with Crippen molar-refractivity contribution in [3.63, 3.8) is 0 Å². The van der Waals surface area contributed by atoms with Crippen LogP contribution in [0.25, 0.3) is 0 Å². The van der Waals surface area contributed by atoms with Crippen LogP contribution in [0.4, 0.5) is 5.69 Å². The van der Waals surface area contributed by atoms with Crippen LogP contribution in [0.5, 0.6) is 0 Å². The Hall–Kier alpha value is -2.34. The highest BCUT2D eigenvalue weighted by Crippen LogP contribution is 2.03. The maximum Gasteiger partial charge on any atom is 0.451 e. The fourth-order valence-electron chi connectivity index (χ4n) is 1.30. The Morgan fingerprint density at radius 3 is 2.39 bits per heavy atom. The molecular formula is C12H13BN2O3. The van der Waals surface area contributed by atoms with E-state index in [4.69, 9.17) is 0 Å². The summed E-state index contributed by atoms with van der Waals surface area (Å²) >= 11 is 0. The van der Waals surface area contributed by atoms with Crippen molar-refractivity contribution in [3.8, 4) is 0 Å². The van der Waals surface area contributed by atoms with Crippen LogP contribution in [0, 0.1) is 0 Å². The Labute approximate surface area is 105 Å². The lowest BCUT2D eigenvalue weighted by Crippen LogP contribution is -2.48. The van der Waals surface area contributed by atoms with E-state index < -0.39 is 18.9 Å². The van der Waals surface area contributed by atoms with Gasteiger partial charge < -0.3 is 15.6 Å². The second-order valence-electron chi connectivity index (χ2n) is 3.40. The quantitative estimate of drug-likeness (QED) is 0.495. The topological polar surface area (TPSA) is 78.4 Å². The van der Waals surface area contributed by atoms with Crippen LogP contribution < -0.4 is 16.0 Å². The molecule has 0 aliphatic carbocycles. The van der Waals surface area contributed by atoms with Crippen molar-refractivity contribution in [2.24, 2.45) is 0 Å². The third kappa shape index (κ3) is 3.60. The smallest absolute Gasteiger partial charge is 0.429 e. The summed E-state index contributed by atoms with van der Waals surface area (Å²) in [7, 11) is -1.23. The van der Waals surface area contributed by atoms with Crippen molar-refractivity contribution in [1.29, 1.82) is 0 Å². The van der Waals surface area contributed by atoms with Gasteiger partial charge in [0.05, 0.1) is 0 Å². The Kier molecular flexibility index (Phi) is 4.89. The zero-order chi connectivity index (χ0) is 13.5. The fourth-order valence-corrected chi connectivity index (χ4v) is 1.30. The molecule has 5 nitrogen and oxygen atoms in total. The minimum Gasteiger partial charge on any atom is -0.429 e. The van der Waals surface area contributed by atoms with Gasteiger partial charge >= 0.3 is 7.05 Å². The molecule has 0 saturated heterocycles. The number of rotatable bonds is 5. The molecule has 6 heteroatoms. The lowest BCUT2D eigenvalue weighted by molar-refractivity contribution is -0.115. The number of hydrogen-bond acceptors (Lipinski definition) is 3. The number of benzene rings is 1. The number of carbonyl (C=O) groups excluding carboxylic acids is 2. The molecule has 0 bridgehead atoms. The molecule has 0 atom stereocenters. The Balaban J connectivity index is 2.93. The minimum absolute atomic E-state index is 0.378. The number of nitrogens with one attached hydrogen (secondary N) is 2. The number of hydrogen-bond donors (Lipinski definition) is 3. The van der Waals surface area contributed by atoms with Crippen LogP contribution in [0.2, 0.25) is 0 Å². The van der Waals surface area contributed by atoms with E-state index in [2.05, 4.69) is 23.7 Å². The Morgan fingerprint density at radius 1 is 1.17 bits per heavy atom. The standard InChI is InChI=1S/C12H13BN2O3/c1-3-11(16)14-10-8-6-5-7-9(10)13(18)15-12(17)4-2/h3-8,18H,1-2H2,(H,14,16)(H,15,17). The average Bonchev–Trinajstić information content (AvgIpc) is 2.38. The lowest BCUT2D eigenvalue weighted by atomic mass is 9.73. The molecule has 0 aliphatic rings. The molecule has 3 N–H and O–H groups in total. The van der Waals surface area contributed by atoms with Crippen molar-refractivity contribution in [3.05, 3.63) is 49.6 Å². The molecule has 2 amide bonds. The third-order valence-electron chi connectivity index (χ3n) is 2.16. The summed E-state index contributed by atoms with van der Waals surface area (Å²) in [4.78, 5) is 22.3. The van der Waals surface area contributed by atoms with Crippen LogP contribution in [-0.2, 0) is 9.59 Å². The van der Waals surface area contributed by atoms with Crippen LogP contribution in [-0.4, -0.2) is 23.9 Å². The number of para-hydroxylation sites is 1. The largest absolute Gasteiger partial charge is 0.451 e. The predicted octanol–water partition coefficient (Wildman–Crippen LogP) is -0.199. The molecule has 92 valence electrons. The molecule has 18 heavy (non-hydrogen) atoms. The summed E-state index contributed by atoms with van der Waals surface area (Å²) in [6.07, 6.45) is 2.17. The van der Waals surface area contributed by atoms with Crippen LogP contribution in [0.15, 0.2) is 49.6 Å². The SMILES string of the molecule is C=CC(=O)NB(O)c1ccccc1NC(=O)C=C. The Morgan fingerprint density at radius 2 is 1.78 bits per heavy atom. The first kappa shape index (κ1) is 13.7. The van der Waals surface area contributed by atoms with Gasteiger partial charge in [0.1, 0.15) is 0 Å². The van der Waals surface area contributed by atoms with Crippen molar-refractivity contribution in [2.75, 3.05) is 5.32 Å². The summed E-state index contributed by atoms with van der Waals surface area (Å²) < 4.78 is 0. The van der Waals surface area contributed by atoms with E-state index in [0.717, 1.165) is 12.2 Å². The van der Waals surface area contributed by atoms with Gasteiger partial charge in [0.2, 0.25) is 11.8 Å². The van der Waals surface area contributed by atoms with Gasteiger partial charge in [0, 0.05) is 5.69 Å². The molecule has 0 aliphatic heterocycles. The maximum atomic E-state index is 11.2. The number of amides is 2. The molecule has 0 fully saturated rings. The summed E-state index contributed by atoms with van der Waals surface area (Å²) in [6.45, 7) is 6.62. The molecule has 0 radical (unpaired) electrons. The second kappa shape index (κ2) is 6.41. The van der Waals surface area contributed by atoms with E-state index in [-0.39, 0.29) is 0 Å². The van der Waals surface area contributed by atoms with Crippen molar-refractivity contribution in [1.82, 2.24) is 5.23 Å². The number of anilines is 1. The molecule has 1 rings (SSSR count). The lowest BCUT2D eigenvalue weighted by Gasteiger charge is -2.12. The molecule has 1 aromatic rings. The average molecular weight is 244 g/mol. The van der Waals surface area contributed by atoms with Gasteiger partial charge in [0.25, 0.3) is 0 Å². The zero-order valence-corrected chi connectivity index (χ0v) is 9.72. The van der Waals surface area contributed by atoms with Gasteiger partial charge in [-0.1, -0.05) is 31.4 Å². The van der Waals surface area contributed by atoms with E-state index >= 15 is 0 Å². The first-order valence-electron chi connectivity index (χ1n) is 5.21. The van der Waals surface area contributed by atoms with E-state index in [9.17, 15) is 14.6 Å². The van der Waals surface area contributed by atoms with E-state index in [1.165, 1.54) is 0 Å². The Bertz CT molecular complexity index is 488. The maximum absolute atomic E-state index is 11.2. The van der Waals surface area contributed by atoms with E-state index in [0.29, 0.717) is 11.2 Å². The van der Waals surface area contributed by atoms with Crippen LogP contribution in [0.3, 0.4) is 0 Å². The molecule has 0 heterocycles. The van der Waals surface area contributed by atoms with E-state index in [1.54, 1.807) is 24.3 Å². The number of carbonyl (C=O) groups is 2. The highest BCUT2D eigenvalue weighted by Gasteiger charge is 2.20. The normalized spacial score (nSPS) is 9.17. The first-order chi connectivity index (χ1) is 8.58. The van der Waals surface area contributed by atoms with Crippen LogP contribution >= 0.6 is 0 Å². The molecule has 0 saturated carbocycles. The highest BCUT2D eigenvalue weighted by atomic mass is 16.2. The second-order valence-corrected chi connectivity index (χ2v) is 3.40. The predicted molar refractivity (Wildman–Crippen MR) is 71.2 cm³/mol. The summed E-state index contributed by atoms with van der Waals surface area (Å²) in [5.41, 5.74) is 0.780. The van der Waals surface area contributed by atoms with Gasteiger partial charge in [-0.3, -0.25) is 9.59 Å². The van der Waals surface area contributed by atoms with Crippen LogP contribution in [0.1, 0.15) is 0 Å². The van der Waals surface area contributed by atoms with Crippen molar-refractivity contribution in [2.45, 2.75) is 0 Å². The van der Waals surface area contributed by atoms with Gasteiger partial charge in [-0.15, -0.1) is 0 Å². The van der Waals surface area contributed by atoms with Gasteiger partial charge in [-0.25, -0.2) is 0 Å². The zero-order valence-electron chi connectivity index (χ0n) is 9.72. The molecule has 0 aromatic heterocycles. The first-order valence-corrected chi connectivity index (χ1v) is 5.21. The fraction of sp³-hybridized carbons (Fsp3) is 0. The molecule has 0 spiro atoms. The van der Waals surface area contributed by atoms with Gasteiger partial charge in [-0.2, -0.15) is 0 Å². The van der Waals surface area contributed by atoms with Crippen molar-refractivity contribution < 1.29 is 14.6 Å². The van der Waals surface area contributed by atoms with Crippen molar-refractivity contribution >= 4 is 30.0 Å². The van der Waals surface area contributed by atoms with E-state index in [1.807, 2.05) is 0 Å². The monoisotopic (exact) mass is 244 g/mol. The van der Waals surface area contributed by atoms with Gasteiger partial charge in [0.15, 0.2) is 0 Å². The highest BCUT2D eigenvalue weighted by molar-refractivity contribution is 6.68. The van der Waals surface area contributed by atoms with Gasteiger partial charge in [-0.05, 0) is 23.7 Å². The molecule has 0 unspecified atom stereocenters. The minimum atomic E-state index is -1.23. The summed E-state index contributed by atoms with van der Waals surface area (Å²) in [5.74, 6) is -0.906. The third-order valence-corrected chi connectivity index (χ3v) is 2.16. The summed E-state index contributed by atoms with van der Waals surface area (Å²) in [6, 6.07) is 6.58. The molecule has 1 aromatic carbocycles. The summed E-state index contributed by atoms with van der Waals surface area (Å²) in [5, 5.41) is 14.7. The molecular weight excluding hydrogens is 231 g/mol.